The van der Waals surface area contributed by atoms with Crippen LogP contribution in [0.3, 0.4) is 0 Å². The number of benzene rings is 1. The zero-order valence-corrected chi connectivity index (χ0v) is 19.6. The second kappa shape index (κ2) is 10.8. The SMILES string of the molecule is CCNC(=NCC(C)Oc1ccc(Cl)cc1)NC1CCCn2nc(C)nc21.I. The van der Waals surface area contributed by atoms with Gasteiger partial charge in [-0.05, 0) is 57.9 Å². The fourth-order valence-electron chi connectivity index (χ4n) is 3.09. The minimum Gasteiger partial charge on any atom is -0.489 e. The van der Waals surface area contributed by atoms with E-state index in [-0.39, 0.29) is 36.1 Å². The Labute approximate surface area is 188 Å². The maximum atomic E-state index is 5.91. The van der Waals surface area contributed by atoms with Crippen LogP contribution >= 0.6 is 35.6 Å². The lowest BCUT2D eigenvalue weighted by Crippen LogP contribution is -2.42. The van der Waals surface area contributed by atoms with Gasteiger partial charge >= 0.3 is 0 Å². The number of nitrogens with zero attached hydrogens (tertiary/aromatic N) is 4. The minimum absolute atomic E-state index is 0. The maximum absolute atomic E-state index is 5.91. The number of hydrogen-bond donors (Lipinski definition) is 2. The van der Waals surface area contributed by atoms with Crippen molar-refractivity contribution in [2.24, 2.45) is 4.99 Å². The molecule has 2 aromatic rings. The van der Waals surface area contributed by atoms with E-state index in [4.69, 9.17) is 16.3 Å². The number of aromatic nitrogens is 3. The highest BCUT2D eigenvalue weighted by Crippen LogP contribution is 2.22. The van der Waals surface area contributed by atoms with Crippen LogP contribution in [0.2, 0.25) is 5.02 Å². The van der Waals surface area contributed by atoms with E-state index in [1.54, 1.807) is 0 Å². The molecule has 0 amide bonds. The van der Waals surface area contributed by atoms with E-state index in [1.807, 2.05) is 42.8 Å². The summed E-state index contributed by atoms with van der Waals surface area (Å²) in [6, 6.07) is 7.48. The zero-order chi connectivity index (χ0) is 19.2. The van der Waals surface area contributed by atoms with E-state index in [9.17, 15) is 0 Å². The van der Waals surface area contributed by atoms with Gasteiger partial charge < -0.3 is 15.4 Å². The first-order valence-electron chi connectivity index (χ1n) is 9.43. The molecule has 28 heavy (non-hydrogen) atoms. The zero-order valence-electron chi connectivity index (χ0n) is 16.5. The summed E-state index contributed by atoms with van der Waals surface area (Å²) < 4.78 is 7.89. The average molecular weight is 519 g/mol. The molecule has 1 aliphatic rings. The van der Waals surface area contributed by atoms with E-state index < -0.39 is 0 Å². The molecular formula is C19H28ClIN6O. The molecule has 9 heteroatoms. The van der Waals surface area contributed by atoms with Gasteiger partial charge in [0.25, 0.3) is 0 Å². The summed E-state index contributed by atoms with van der Waals surface area (Å²) in [6.45, 7) is 8.24. The van der Waals surface area contributed by atoms with Gasteiger partial charge in [-0.1, -0.05) is 11.6 Å². The molecule has 0 bridgehead atoms. The predicted molar refractivity (Wildman–Crippen MR) is 123 cm³/mol. The van der Waals surface area contributed by atoms with E-state index in [1.165, 1.54) is 0 Å². The lowest BCUT2D eigenvalue weighted by Gasteiger charge is -2.25. The molecule has 0 saturated heterocycles. The van der Waals surface area contributed by atoms with Crippen LogP contribution in [-0.2, 0) is 6.54 Å². The Morgan fingerprint density at radius 3 is 2.86 bits per heavy atom. The third kappa shape index (κ3) is 6.23. The molecule has 0 spiro atoms. The Hall–Kier alpha value is -1.55. The van der Waals surface area contributed by atoms with Crippen LogP contribution in [0.25, 0.3) is 0 Å². The molecule has 3 rings (SSSR count). The summed E-state index contributed by atoms with van der Waals surface area (Å²) in [5.41, 5.74) is 0. The Bertz CT molecular complexity index is 779. The van der Waals surface area contributed by atoms with Gasteiger partial charge in [-0.2, -0.15) is 5.10 Å². The molecule has 154 valence electrons. The predicted octanol–water partition coefficient (Wildman–Crippen LogP) is 3.72. The molecule has 2 atom stereocenters. The van der Waals surface area contributed by atoms with Gasteiger partial charge in [0, 0.05) is 18.1 Å². The van der Waals surface area contributed by atoms with Gasteiger partial charge in [0.15, 0.2) is 5.96 Å². The van der Waals surface area contributed by atoms with E-state index in [2.05, 4.69) is 32.6 Å². The van der Waals surface area contributed by atoms with E-state index in [0.717, 1.165) is 49.3 Å². The fraction of sp³-hybridized carbons (Fsp3) is 0.526. The van der Waals surface area contributed by atoms with Gasteiger partial charge in [0.2, 0.25) is 0 Å². The van der Waals surface area contributed by atoms with Crippen molar-refractivity contribution in [2.45, 2.75) is 52.3 Å². The van der Waals surface area contributed by atoms with Gasteiger partial charge in [0.1, 0.15) is 23.5 Å². The second-order valence-electron chi connectivity index (χ2n) is 6.68. The van der Waals surface area contributed by atoms with Crippen molar-refractivity contribution >= 4 is 41.5 Å². The normalized spacial score (nSPS) is 17.3. The summed E-state index contributed by atoms with van der Waals surface area (Å²) in [4.78, 5) is 9.26. The average Bonchev–Trinajstić information content (AvgIpc) is 3.03. The third-order valence-electron chi connectivity index (χ3n) is 4.29. The Balaban J connectivity index is 0.00000280. The molecule has 2 N–H and O–H groups in total. The molecular weight excluding hydrogens is 491 g/mol. The number of fused-ring (bicyclic) bond motifs is 1. The molecule has 1 aromatic heterocycles. The number of nitrogens with one attached hydrogen (secondary N) is 2. The van der Waals surface area contributed by atoms with Crippen LogP contribution in [0.5, 0.6) is 5.75 Å². The van der Waals surface area contributed by atoms with Gasteiger partial charge in [0.05, 0.1) is 12.6 Å². The topological polar surface area (TPSA) is 76.4 Å². The summed E-state index contributed by atoms with van der Waals surface area (Å²) in [5.74, 6) is 3.35. The standard InChI is InChI=1S/C19H27ClN6O.HI/c1-4-21-19(22-12-13(2)27-16-9-7-15(20)8-10-16)24-17-6-5-11-26-18(17)23-14(3)25-26;/h7-10,13,17H,4-6,11-12H2,1-3H3,(H2,21,22,24);1H. The monoisotopic (exact) mass is 518 g/mol. The number of ether oxygens (including phenoxy) is 1. The van der Waals surface area contributed by atoms with Gasteiger partial charge in [-0.15, -0.1) is 24.0 Å². The van der Waals surface area contributed by atoms with Crippen molar-refractivity contribution in [1.29, 1.82) is 0 Å². The first-order chi connectivity index (χ1) is 13.0. The van der Waals surface area contributed by atoms with Gasteiger partial charge in [-0.25, -0.2) is 14.7 Å². The molecule has 0 saturated carbocycles. The van der Waals surface area contributed by atoms with Crippen molar-refractivity contribution in [3.05, 3.63) is 40.9 Å². The summed E-state index contributed by atoms with van der Waals surface area (Å²) in [7, 11) is 0. The van der Waals surface area contributed by atoms with Gasteiger partial charge in [-0.3, -0.25) is 0 Å². The molecule has 7 nitrogen and oxygen atoms in total. The number of hydrogen-bond acceptors (Lipinski definition) is 4. The van der Waals surface area contributed by atoms with Crippen molar-refractivity contribution in [1.82, 2.24) is 25.4 Å². The summed E-state index contributed by atoms with van der Waals surface area (Å²) >= 11 is 5.91. The van der Waals surface area contributed by atoms with Crippen LogP contribution in [0.1, 0.15) is 44.4 Å². The van der Waals surface area contributed by atoms with Crippen LogP contribution < -0.4 is 15.4 Å². The van der Waals surface area contributed by atoms with Crippen molar-refractivity contribution in [3.8, 4) is 5.75 Å². The van der Waals surface area contributed by atoms with Crippen LogP contribution in [-0.4, -0.2) is 39.9 Å². The molecule has 0 radical (unpaired) electrons. The van der Waals surface area contributed by atoms with Crippen LogP contribution in [0, 0.1) is 6.92 Å². The highest BCUT2D eigenvalue weighted by Gasteiger charge is 2.24. The Morgan fingerprint density at radius 1 is 1.39 bits per heavy atom. The lowest BCUT2D eigenvalue weighted by atomic mass is 10.1. The first kappa shape index (κ1) is 22.7. The van der Waals surface area contributed by atoms with Crippen molar-refractivity contribution in [2.75, 3.05) is 13.1 Å². The number of guanidine groups is 1. The summed E-state index contributed by atoms with van der Waals surface area (Å²) in [6.07, 6.45) is 2.03. The molecule has 1 aliphatic heterocycles. The molecule has 2 unspecified atom stereocenters. The summed E-state index contributed by atoms with van der Waals surface area (Å²) in [5, 5.41) is 12.0. The Morgan fingerprint density at radius 2 is 2.14 bits per heavy atom. The van der Waals surface area contributed by atoms with E-state index in [0.29, 0.717) is 11.6 Å². The third-order valence-corrected chi connectivity index (χ3v) is 4.55. The number of aryl methyl sites for hydroxylation is 2. The number of halogens is 2. The minimum atomic E-state index is -0.0566. The number of rotatable bonds is 6. The Kier molecular flexibility index (Phi) is 8.81. The highest BCUT2D eigenvalue weighted by atomic mass is 127. The van der Waals surface area contributed by atoms with Crippen LogP contribution in [0.15, 0.2) is 29.3 Å². The van der Waals surface area contributed by atoms with Crippen molar-refractivity contribution in [3.63, 3.8) is 0 Å². The lowest BCUT2D eigenvalue weighted by molar-refractivity contribution is 0.230. The maximum Gasteiger partial charge on any atom is 0.191 e. The molecule has 2 heterocycles. The molecule has 0 fully saturated rings. The van der Waals surface area contributed by atoms with E-state index >= 15 is 0 Å². The smallest absolute Gasteiger partial charge is 0.191 e. The molecule has 0 aliphatic carbocycles. The quantitative estimate of drug-likeness (QED) is 0.346. The largest absolute Gasteiger partial charge is 0.489 e. The molecule has 1 aromatic carbocycles. The first-order valence-corrected chi connectivity index (χ1v) is 9.81. The second-order valence-corrected chi connectivity index (χ2v) is 7.12. The van der Waals surface area contributed by atoms with Crippen molar-refractivity contribution < 1.29 is 4.74 Å². The highest BCUT2D eigenvalue weighted by molar-refractivity contribution is 14.0. The van der Waals surface area contributed by atoms with Crippen LogP contribution in [0.4, 0.5) is 0 Å². The fourth-order valence-corrected chi connectivity index (χ4v) is 3.22. The number of aliphatic imine (C=N–C) groups is 1.